The Hall–Kier alpha value is -0.610. The molecule has 0 aromatic rings. The van der Waals surface area contributed by atoms with Crippen LogP contribution in [-0.2, 0) is 4.79 Å². The highest BCUT2D eigenvalue weighted by Gasteiger charge is 2.15. The van der Waals surface area contributed by atoms with Gasteiger partial charge in [-0.2, -0.15) is 0 Å². The maximum absolute atomic E-state index is 11.0. The second kappa shape index (κ2) is 4.42. The molecule has 1 amide bonds. The van der Waals surface area contributed by atoms with E-state index in [4.69, 9.17) is 5.11 Å². The number of carbonyl (C=O) groups excluding carboxylic acids is 1. The van der Waals surface area contributed by atoms with Crippen molar-refractivity contribution in [2.45, 2.75) is 19.4 Å². The normalized spacial score (nSPS) is 23.0. The molecule has 1 unspecified atom stereocenters. The summed E-state index contributed by atoms with van der Waals surface area (Å²) in [6.07, 6.45) is 0.620. The molecule has 0 aromatic heterocycles. The van der Waals surface area contributed by atoms with Gasteiger partial charge in [0.2, 0.25) is 5.91 Å². The van der Waals surface area contributed by atoms with Crippen LogP contribution >= 0.6 is 0 Å². The minimum atomic E-state index is -0.351. The van der Waals surface area contributed by atoms with E-state index in [2.05, 4.69) is 5.32 Å². The Morgan fingerprint density at radius 2 is 2.50 bits per heavy atom. The lowest BCUT2D eigenvalue weighted by Crippen LogP contribution is -2.36. The van der Waals surface area contributed by atoms with Gasteiger partial charge in [0.25, 0.3) is 0 Å². The third-order valence-electron chi connectivity index (χ3n) is 1.86. The molecular formula is C8H16N2O2. The first-order valence-electron chi connectivity index (χ1n) is 4.35. The predicted octanol–water partition coefficient (Wildman–Crippen LogP) is -0.811. The first-order chi connectivity index (χ1) is 5.68. The van der Waals surface area contributed by atoms with Crippen LogP contribution in [0.1, 0.15) is 13.3 Å². The Labute approximate surface area is 72.6 Å². The highest BCUT2D eigenvalue weighted by molar-refractivity contribution is 5.78. The number of hydrogen-bond acceptors (Lipinski definition) is 3. The van der Waals surface area contributed by atoms with Gasteiger partial charge in [-0.3, -0.25) is 9.69 Å². The Bertz CT molecular complexity index is 159. The third kappa shape index (κ3) is 3.19. The molecule has 1 aliphatic heterocycles. The summed E-state index contributed by atoms with van der Waals surface area (Å²) in [5, 5.41) is 11.9. The molecule has 4 nitrogen and oxygen atoms in total. The lowest BCUT2D eigenvalue weighted by atomic mass is 10.3. The fraction of sp³-hybridized carbons (Fsp3) is 0.875. The van der Waals surface area contributed by atoms with Crippen molar-refractivity contribution in [1.29, 1.82) is 0 Å². The standard InChI is InChI=1S/C8H16N2O2/c1-7(11)5-10-4-2-3-9-8(12)6-10/h7,11H,2-6H2,1H3,(H,9,12). The number of nitrogens with zero attached hydrogens (tertiary/aromatic N) is 1. The van der Waals surface area contributed by atoms with Crippen LogP contribution < -0.4 is 5.32 Å². The topological polar surface area (TPSA) is 52.6 Å². The number of amides is 1. The molecule has 4 heteroatoms. The SMILES string of the molecule is CC(O)CN1CCCNC(=O)C1. The summed E-state index contributed by atoms with van der Waals surface area (Å²) in [5.41, 5.74) is 0. The Morgan fingerprint density at radius 1 is 1.75 bits per heavy atom. The zero-order valence-electron chi connectivity index (χ0n) is 7.42. The van der Waals surface area contributed by atoms with Crippen LogP contribution in [-0.4, -0.2) is 48.2 Å². The van der Waals surface area contributed by atoms with E-state index >= 15 is 0 Å². The van der Waals surface area contributed by atoms with E-state index in [9.17, 15) is 4.79 Å². The molecule has 0 aliphatic carbocycles. The number of β-amino-alcohol motifs (C(OH)–C–C–N with tert-alkyl or cyclic N) is 1. The van der Waals surface area contributed by atoms with Gasteiger partial charge in [-0.1, -0.05) is 0 Å². The molecule has 0 spiro atoms. The van der Waals surface area contributed by atoms with Crippen LogP contribution in [0.3, 0.4) is 0 Å². The van der Waals surface area contributed by atoms with Crippen LogP contribution in [0.5, 0.6) is 0 Å². The van der Waals surface area contributed by atoms with E-state index in [0.29, 0.717) is 13.1 Å². The van der Waals surface area contributed by atoms with Gasteiger partial charge in [0.15, 0.2) is 0 Å². The third-order valence-corrected chi connectivity index (χ3v) is 1.86. The van der Waals surface area contributed by atoms with Gasteiger partial charge in [0, 0.05) is 19.6 Å². The summed E-state index contributed by atoms with van der Waals surface area (Å²) in [6.45, 7) is 4.40. The maximum atomic E-state index is 11.0. The van der Waals surface area contributed by atoms with Crippen LogP contribution in [0.2, 0.25) is 0 Å². The molecule has 12 heavy (non-hydrogen) atoms. The second-order valence-electron chi connectivity index (χ2n) is 3.29. The van der Waals surface area contributed by atoms with Gasteiger partial charge in [0.1, 0.15) is 0 Å². The molecule has 1 heterocycles. The summed E-state index contributed by atoms with van der Waals surface area (Å²) in [5.74, 6) is 0.0631. The van der Waals surface area contributed by atoms with Gasteiger partial charge in [0.05, 0.1) is 12.6 Å². The van der Waals surface area contributed by atoms with Crippen LogP contribution in [0.4, 0.5) is 0 Å². The lowest BCUT2D eigenvalue weighted by molar-refractivity contribution is -0.121. The quantitative estimate of drug-likeness (QED) is 0.573. The molecule has 0 saturated carbocycles. The molecule has 0 aromatic carbocycles. The summed E-state index contributed by atoms with van der Waals surface area (Å²) in [4.78, 5) is 13.0. The first kappa shape index (κ1) is 9.48. The van der Waals surface area contributed by atoms with Crippen LogP contribution in [0.25, 0.3) is 0 Å². The fourth-order valence-corrected chi connectivity index (χ4v) is 1.40. The summed E-state index contributed by atoms with van der Waals surface area (Å²) in [6, 6.07) is 0. The van der Waals surface area contributed by atoms with E-state index in [0.717, 1.165) is 19.5 Å². The minimum Gasteiger partial charge on any atom is -0.392 e. The van der Waals surface area contributed by atoms with Gasteiger partial charge in [-0.25, -0.2) is 0 Å². The molecule has 0 bridgehead atoms. The lowest BCUT2D eigenvalue weighted by Gasteiger charge is -2.19. The Kier molecular flexibility index (Phi) is 3.49. The summed E-state index contributed by atoms with van der Waals surface area (Å²) < 4.78 is 0. The molecule has 1 fully saturated rings. The number of rotatable bonds is 2. The first-order valence-corrected chi connectivity index (χ1v) is 4.35. The molecular weight excluding hydrogens is 156 g/mol. The zero-order chi connectivity index (χ0) is 8.97. The Morgan fingerprint density at radius 3 is 3.17 bits per heavy atom. The minimum absolute atomic E-state index is 0.0631. The van der Waals surface area contributed by atoms with Crippen LogP contribution in [0.15, 0.2) is 0 Å². The van der Waals surface area contributed by atoms with Crippen molar-refractivity contribution < 1.29 is 9.90 Å². The zero-order valence-corrected chi connectivity index (χ0v) is 7.42. The van der Waals surface area contributed by atoms with Crippen LogP contribution in [0, 0.1) is 0 Å². The van der Waals surface area contributed by atoms with E-state index < -0.39 is 0 Å². The monoisotopic (exact) mass is 172 g/mol. The van der Waals surface area contributed by atoms with Gasteiger partial charge in [-0.05, 0) is 13.3 Å². The second-order valence-corrected chi connectivity index (χ2v) is 3.29. The average molecular weight is 172 g/mol. The van der Waals surface area contributed by atoms with E-state index in [1.54, 1.807) is 6.92 Å². The van der Waals surface area contributed by atoms with Crippen molar-refractivity contribution in [2.75, 3.05) is 26.2 Å². The molecule has 1 rings (SSSR count). The molecule has 70 valence electrons. The number of carbonyl (C=O) groups is 1. The van der Waals surface area contributed by atoms with Crippen molar-refractivity contribution in [1.82, 2.24) is 10.2 Å². The van der Waals surface area contributed by atoms with Crippen molar-refractivity contribution in [3.8, 4) is 0 Å². The smallest absolute Gasteiger partial charge is 0.234 e. The van der Waals surface area contributed by atoms with Crippen molar-refractivity contribution >= 4 is 5.91 Å². The molecule has 0 radical (unpaired) electrons. The highest BCUT2D eigenvalue weighted by Crippen LogP contribution is 1.97. The fourth-order valence-electron chi connectivity index (χ4n) is 1.40. The number of aliphatic hydroxyl groups is 1. The molecule has 2 N–H and O–H groups in total. The molecule has 1 saturated heterocycles. The largest absolute Gasteiger partial charge is 0.392 e. The summed E-state index contributed by atoms with van der Waals surface area (Å²) >= 11 is 0. The summed E-state index contributed by atoms with van der Waals surface area (Å²) in [7, 11) is 0. The maximum Gasteiger partial charge on any atom is 0.234 e. The molecule has 1 atom stereocenters. The number of aliphatic hydroxyl groups excluding tert-OH is 1. The van der Waals surface area contributed by atoms with E-state index in [-0.39, 0.29) is 12.0 Å². The van der Waals surface area contributed by atoms with Gasteiger partial charge < -0.3 is 10.4 Å². The highest BCUT2D eigenvalue weighted by atomic mass is 16.3. The average Bonchev–Trinajstić information content (AvgIpc) is 2.12. The van der Waals surface area contributed by atoms with Crippen molar-refractivity contribution in [3.63, 3.8) is 0 Å². The molecule has 1 aliphatic rings. The number of hydrogen-bond donors (Lipinski definition) is 2. The van der Waals surface area contributed by atoms with E-state index in [1.807, 2.05) is 4.90 Å². The van der Waals surface area contributed by atoms with Gasteiger partial charge in [-0.15, -0.1) is 0 Å². The Balaban J connectivity index is 2.36. The van der Waals surface area contributed by atoms with Crippen molar-refractivity contribution in [3.05, 3.63) is 0 Å². The number of nitrogens with one attached hydrogen (secondary N) is 1. The van der Waals surface area contributed by atoms with Crippen molar-refractivity contribution in [2.24, 2.45) is 0 Å². The van der Waals surface area contributed by atoms with Gasteiger partial charge >= 0.3 is 0 Å². The predicted molar refractivity (Wildman–Crippen MR) is 45.7 cm³/mol. The van der Waals surface area contributed by atoms with E-state index in [1.165, 1.54) is 0 Å².